The standard InChI is InChI=1S/C13H18BrN3O2/c1-9-7-16(10(2)6-15-9)8-11-3-4-12(17(18)19)5-13(11)14/h3-5,9-10,15H,6-8H2,1-2H3. The van der Waals surface area contributed by atoms with Crippen LogP contribution in [0.4, 0.5) is 5.69 Å². The Balaban J connectivity index is 2.12. The third-order valence-electron chi connectivity index (χ3n) is 3.51. The Morgan fingerprint density at radius 1 is 1.53 bits per heavy atom. The van der Waals surface area contributed by atoms with Crippen LogP contribution in [0.25, 0.3) is 0 Å². The van der Waals surface area contributed by atoms with Gasteiger partial charge in [-0.2, -0.15) is 0 Å². The van der Waals surface area contributed by atoms with Gasteiger partial charge < -0.3 is 5.32 Å². The molecule has 1 fully saturated rings. The van der Waals surface area contributed by atoms with Gasteiger partial charge in [0.2, 0.25) is 0 Å². The second-order valence-corrected chi connectivity index (χ2v) is 5.97. The lowest BCUT2D eigenvalue weighted by Crippen LogP contribution is -2.53. The van der Waals surface area contributed by atoms with Crippen LogP contribution in [0, 0.1) is 10.1 Å². The lowest BCUT2D eigenvalue weighted by molar-refractivity contribution is -0.384. The molecule has 0 bridgehead atoms. The van der Waals surface area contributed by atoms with E-state index in [1.807, 2.05) is 6.07 Å². The predicted octanol–water partition coefficient (Wildman–Crippen LogP) is 2.54. The smallest absolute Gasteiger partial charge is 0.270 e. The Bertz CT molecular complexity index is 481. The molecular formula is C13H18BrN3O2. The molecule has 1 aromatic rings. The number of rotatable bonds is 3. The fourth-order valence-corrected chi connectivity index (χ4v) is 2.81. The highest BCUT2D eigenvalue weighted by Crippen LogP contribution is 2.25. The average molecular weight is 328 g/mol. The van der Waals surface area contributed by atoms with E-state index in [4.69, 9.17) is 0 Å². The quantitative estimate of drug-likeness (QED) is 0.684. The third kappa shape index (κ3) is 3.52. The van der Waals surface area contributed by atoms with Crippen molar-refractivity contribution < 1.29 is 4.92 Å². The Hall–Kier alpha value is -0.980. The molecule has 0 aromatic heterocycles. The number of hydrogen-bond donors (Lipinski definition) is 1. The van der Waals surface area contributed by atoms with E-state index >= 15 is 0 Å². The van der Waals surface area contributed by atoms with E-state index in [1.165, 1.54) is 0 Å². The first-order valence-electron chi connectivity index (χ1n) is 6.37. The van der Waals surface area contributed by atoms with Gasteiger partial charge in [0.15, 0.2) is 0 Å². The fourth-order valence-electron chi connectivity index (χ4n) is 2.31. The maximum Gasteiger partial charge on any atom is 0.270 e. The zero-order valence-electron chi connectivity index (χ0n) is 11.1. The van der Waals surface area contributed by atoms with Crippen molar-refractivity contribution in [3.8, 4) is 0 Å². The molecule has 2 unspecified atom stereocenters. The van der Waals surface area contributed by atoms with Crippen LogP contribution < -0.4 is 5.32 Å². The number of nitrogens with zero attached hydrogens (tertiary/aromatic N) is 2. The number of halogens is 1. The summed E-state index contributed by atoms with van der Waals surface area (Å²) in [6.45, 7) is 7.14. The molecule has 6 heteroatoms. The molecule has 0 aliphatic carbocycles. The molecule has 2 rings (SSSR count). The summed E-state index contributed by atoms with van der Waals surface area (Å²) in [5.74, 6) is 0. The van der Waals surface area contributed by atoms with E-state index < -0.39 is 0 Å². The predicted molar refractivity (Wildman–Crippen MR) is 78.1 cm³/mol. The maximum absolute atomic E-state index is 10.7. The Labute approximate surface area is 121 Å². The summed E-state index contributed by atoms with van der Waals surface area (Å²) in [5, 5.41) is 14.2. The highest BCUT2D eigenvalue weighted by molar-refractivity contribution is 9.10. The van der Waals surface area contributed by atoms with E-state index in [0.29, 0.717) is 12.1 Å². The number of non-ortho nitro benzene ring substituents is 1. The van der Waals surface area contributed by atoms with Crippen molar-refractivity contribution in [3.63, 3.8) is 0 Å². The zero-order chi connectivity index (χ0) is 14.0. The molecule has 1 heterocycles. The summed E-state index contributed by atoms with van der Waals surface area (Å²) in [6.07, 6.45) is 0. The molecule has 1 aliphatic heterocycles. The molecule has 2 atom stereocenters. The van der Waals surface area contributed by atoms with Crippen molar-refractivity contribution in [1.29, 1.82) is 0 Å². The first kappa shape index (κ1) is 14.4. The minimum atomic E-state index is -0.371. The molecule has 5 nitrogen and oxygen atoms in total. The van der Waals surface area contributed by atoms with Crippen molar-refractivity contribution in [2.24, 2.45) is 0 Å². The van der Waals surface area contributed by atoms with E-state index in [1.54, 1.807) is 12.1 Å². The van der Waals surface area contributed by atoms with Gasteiger partial charge in [-0.05, 0) is 25.5 Å². The van der Waals surface area contributed by atoms with Gasteiger partial charge in [-0.15, -0.1) is 0 Å². The topological polar surface area (TPSA) is 58.4 Å². The van der Waals surface area contributed by atoms with E-state index in [0.717, 1.165) is 29.7 Å². The van der Waals surface area contributed by atoms with Gasteiger partial charge in [0.25, 0.3) is 5.69 Å². The molecule has 0 amide bonds. The normalized spacial score (nSPS) is 24.4. The minimum absolute atomic E-state index is 0.123. The molecule has 104 valence electrons. The van der Waals surface area contributed by atoms with Crippen LogP contribution in [0.3, 0.4) is 0 Å². The molecule has 1 aromatic carbocycles. The van der Waals surface area contributed by atoms with Crippen LogP contribution in [0.1, 0.15) is 19.4 Å². The van der Waals surface area contributed by atoms with Crippen LogP contribution in [-0.4, -0.2) is 35.0 Å². The lowest BCUT2D eigenvalue weighted by Gasteiger charge is -2.37. The second kappa shape index (κ2) is 5.98. The van der Waals surface area contributed by atoms with Gasteiger partial charge in [0.1, 0.15) is 0 Å². The lowest BCUT2D eigenvalue weighted by atomic mass is 10.1. The zero-order valence-corrected chi connectivity index (χ0v) is 12.7. The molecule has 0 saturated carbocycles. The van der Waals surface area contributed by atoms with Crippen LogP contribution in [-0.2, 0) is 6.54 Å². The Kier molecular flexibility index (Phi) is 4.54. The van der Waals surface area contributed by atoms with Crippen LogP contribution in [0.2, 0.25) is 0 Å². The summed E-state index contributed by atoms with van der Waals surface area (Å²) >= 11 is 3.43. The van der Waals surface area contributed by atoms with Gasteiger partial charge in [-0.3, -0.25) is 15.0 Å². The molecule has 0 radical (unpaired) electrons. The van der Waals surface area contributed by atoms with Crippen LogP contribution >= 0.6 is 15.9 Å². The number of hydrogen-bond acceptors (Lipinski definition) is 4. The van der Waals surface area contributed by atoms with Gasteiger partial charge in [0, 0.05) is 48.3 Å². The summed E-state index contributed by atoms with van der Waals surface area (Å²) in [7, 11) is 0. The summed E-state index contributed by atoms with van der Waals surface area (Å²) < 4.78 is 0.806. The number of nitro benzene ring substituents is 1. The maximum atomic E-state index is 10.7. The van der Waals surface area contributed by atoms with Crippen molar-refractivity contribution in [3.05, 3.63) is 38.3 Å². The molecule has 19 heavy (non-hydrogen) atoms. The number of nitrogens with one attached hydrogen (secondary N) is 1. The molecular weight excluding hydrogens is 310 g/mol. The SMILES string of the molecule is CC1CN(Cc2ccc([N+](=O)[O-])cc2Br)C(C)CN1. The minimum Gasteiger partial charge on any atom is -0.311 e. The van der Waals surface area contributed by atoms with Gasteiger partial charge >= 0.3 is 0 Å². The first-order valence-corrected chi connectivity index (χ1v) is 7.17. The van der Waals surface area contributed by atoms with Crippen LogP contribution in [0.15, 0.2) is 22.7 Å². The van der Waals surface area contributed by atoms with E-state index in [9.17, 15) is 10.1 Å². The van der Waals surface area contributed by atoms with Gasteiger partial charge in [-0.25, -0.2) is 0 Å². The fraction of sp³-hybridized carbons (Fsp3) is 0.538. The monoisotopic (exact) mass is 327 g/mol. The summed E-state index contributed by atoms with van der Waals surface area (Å²) in [4.78, 5) is 12.7. The number of piperazine rings is 1. The number of nitro groups is 1. The number of benzene rings is 1. The molecule has 1 saturated heterocycles. The van der Waals surface area contributed by atoms with E-state index in [-0.39, 0.29) is 10.6 Å². The summed E-state index contributed by atoms with van der Waals surface area (Å²) in [5.41, 5.74) is 1.21. The van der Waals surface area contributed by atoms with Crippen molar-refractivity contribution in [1.82, 2.24) is 10.2 Å². The van der Waals surface area contributed by atoms with Crippen molar-refractivity contribution >= 4 is 21.6 Å². The Morgan fingerprint density at radius 2 is 2.26 bits per heavy atom. The van der Waals surface area contributed by atoms with Gasteiger partial charge in [-0.1, -0.05) is 15.9 Å². The van der Waals surface area contributed by atoms with Crippen molar-refractivity contribution in [2.75, 3.05) is 13.1 Å². The van der Waals surface area contributed by atoms with Gasteiger partial charge in [0.05, 0.1) is 4.92 Å². The summed E-state index contributed by atoms with van der Waals surface area (Å²) in [6, 6.07) is 5.93. The van der Waals surface area contributed by atoms with Crippen molar-refractivity contribution in [2.45, 2.75) is 32.5 Å². The largest absolute Gasteiger partial charge is 0.311 e. The molecule has 0 spiro atoms. The molecule has 1 N–H and O–H groups in total. The highest BCUT2D eigenvalue weighted by atomic mass is 79.9. The highest BCUT2D eigenvalue weighted by Gasteiger charge is 2.23. The first-order chi connectivity index (χ1) is 8.97. The van der Waals surface area contributed by atoms with E-state index in [2.05, 4.69) is 40.0 Å². The third-order valence-corrected chi connectivity index (χ3v) is 4.25. The average Bonchev–Trinajstić information content (AvgIpc) is 2.36. The second-order valence-electron chi connectivity index (χ2n) is 5.12. The van der Waals surface area contributed by atoms with Crippen LogP contribution in [0.5, 0.6) is 0 Å². The Morgan fingerprint density at radius 3 is 2.89 bits per heavy atom. The molecule has 1 aliphatic rings.